The zero-order valence-electron chi connectivity index (χ0n) is 27.9. The zero-order chi connectivity index (χ0) is 37.8. The van der Waals surface area contributed by atoms with Gasteiger partial charge in [0, 0.05) is 71.0 Å². The molecule has 0 radical (unpaired) electrons. The monoisotopic (exact) mass is 764 g/mol. The molecule has 2 aliphatic heterocycles. The zero-order valence-corrected chi connectivity index (χ0v) is 28.7. The van der Waals surface area contributed by atoms with Crippen LogP contribution in [0.2, 0.25) is 0 Å². The number of piperazine rings is 2. The summed E-state index contributed by atoms with van der Waals surface area (Å²) in [6.45, 7) is 2.99. The van der Waals surface area contributed by atoms with Crippen LogP contribution in [0.4, 0.5) is 46.8 Å². The summed E-state index contributed by atoms with van der Waals surface area (Å²) in [6, 6.07) is 5.12. The molecule has 0 bridgehead atoms. The number of pyridine rings is 2. The Morgan fingerprint density at radius 3 is 1.75 bits per heavy atom. The SMILES string of the molecule is CS(=O)(=O)c1ccc(OC2CCCC2)c(C(=O)N2CCN(c3ncc(C(F)(F)F)cc3F)CC2)c1.Fc1cc(C(F)(F)F)cnc1N1CCNCC1. The van der Waals surface area contributed by atoms with Crippen LogP contribution in [0, 0.1) is 11.6 Å². The number of carbonyl (C=O) groups is 1. The number of hydrogen-bond donors (Lipinski definition) is 1. The smallest absolute Gasteiger partial charge is 0.417 e. The first-order valence-corrected chi connectivity index (χ1v) is 18.3. The molecule has 10 nitrogen and oxygen atoms in total. The lowest BCUT2D eigenvalue weighted by molar-refractivity contribution is -0.138. The fourth-order valence-electron chi connectivity index (χ4n) is 6.00. The third-order valence-corrected chi connectivity index (χ3v) is 9.90. The topological polar surface area (TPSA) is 108 Å². The van der Waals surface area contributed by atoms with Gasteiger partial charge < -0.3 is 24.8 Å². The number of anilines is 2. The molecule has 0 unspecified atom stereocenters. The van der Waals surface area contributed by atoms with E-state index in [9.17, 15) is 48.3 Å². The predicted octanol–water partition coefficient (Wildman–Crippen LogP) is 5.58. The van der Waals surface area contributed by atoms with Crippen molar-refractivity contribution in [2.24, 2.45) is 0 Å². The lowest BCUT2D eigenvalue weighted by atomic mass is 10.1. The molecule has 1 N–H and O–H groups in total. The summed E-state index contributed by atoms with van der Waals surface area (Å²) < 4.78 is 133. The lowest BCUT2D eigenvalue weighted by Gasteiger charge is -2.36. The van der Waals surface area contributed by atoms with Gasteiger partial charge in [-0.05, 0) is 56.0 Å². The molecule has 3 aromatic rings. The summed E-state index contributed by atoms with van der Waals surface area (Å²) >= 11 is 0. The van der Waals surface area contributed by atoms with Gasteiger partial charge in [-0.3, -0.25) is 4.79 Å². The molecule has 1 aromatic carbocycles. The van der Waals surface area contributed by atoms with E-state index in [2.05, 4.69) is 15.3 Å². The molecule has 1 amide bonds. The Kier molecular flexibility index (Phi) is 11.8. The van der Waals surface area contributed by atoms with E-state index in [0.29, 0.717) is 56.5 Å². The van der Waals surface area contributed by atoms with Crippen LogP contribution in [0.5, 0.6) is 5.75 Å². The lowest BCUT2D eigenvalue weighted by Crippen LogP contribution is -2.49. The number of aromatic nitrogens is 2. The highest BCUT2D eigenvalue weighted by molar-refractivity contribution is 7.90. The van der Waals surface area contributed by atoms with E-state index in [-0.39, 0.29) is 54.4 Å². The molecular weight excluding hydrogens is 728 g/mol. The van der Waals surface area contributed by atoms with Gasteiger partial charge in [-0.25, -0.2) is 27.2 Å². The Hall–Kier alpha value is -4.26. The number of amides is 1. The molecule has 2 aromatic heterocycles. The summed E-state index contributed by atoms with van der Waals surface area (Å²) in [6.07, 6.45) is -3.25. The van der Waals surface area contributed by atoms with Crippen molar-refractivity contribution >= 4 is 27.4 Å². The maximum Gasteiger partial charge on any atom is 0.417 e. The highest BCUT2D eigenvalue weighted by Gasteiger charge is 2.34. The van der Waals surface area contributed by atoms with Gasteiger partial charge in [-0.15, -0.1) is 0 Å². The van der Waals surface area contributed by atoms with Gasteiger partial charge in [0.15, 0.2) is 33.1 Å². The number of carbonyl (C=O) groups excluding carboxylic acids is 1. The fraction of sp³-hybridized carbons (Fsp3) is 0.485. The van der Waals surface area contributed by atoms with Gasteiger partial charge in [0.05, 0.1) is 27.7 Å². The summed E-state index contributed by atoms with van der Waals surface area (Å²) in [5, 5.41) is 3.07. The van der Waals surface area contributed by atoms with Crippen molar-refractivity contribution in [3.05, 3.63) is 71.1 Å². The average molecular weight is 765 g/mol. The van der Waals surface area contributed by atoms with Crippen molar-refractivity contribution < 1.29 is 53.1 Å². The molecule has 1 saturated carbocycles. The minimum Gasteiger partial charge on any atom is -0.490 e. The third kappa shape index (κ3) is 9.58. The molecule has 4 heterocycles. The van der Waals surface area contributed by atoms with Gasteiger partial charge in [0.25, 0.3) is 5.91 Å². The van der Waals surface area contributed by atoms with E-state index in [1.54, 1.807) is 4.90 Å². The predicted molar refractivity (Wildman–Crippen MR) is 174 cm³/mol. The molecule has 3 fully saturated rings. The Morgan fingerprint density at radius 2 is 1.29 bits per heavy atom. The maximum absolute atomic E-state index is 14.3. The van der Waals surface area contributed by atoms with E-state index >= 15 is 0 Å². The van der Waals surface area contributed by atoms with Gasteiger partial charge >= 0.3 is 12.4 Å². The van der Waals surface area contributed by atoms with Crippen LogP contribution in [0.1, 0.15) is 47.2 Å². The standard InChI is InChI=1S/C23H25F4N3O4S.C10H11F4N3/c1-35(32,33)17-6-7-20(34-16-4-2-3-5-16)18(13-17)22(31)30-10-8-29(9-11-30)21-19(24)12-15(14-28-21)23(25,26)27;11-8-5-7(10(12,13)14)6-16-9(8)17-3-1-15-2-4-17/h6-7,12-14,16H,2-5,8-11H2,1H3;5-6,15H,1-4H2. The van der Waals surface area contributed by atoms with Crippen LogP contribution in [-0.2, 0) is 22.2 Å². The van der Waals surface area contributed by atoms with Crippen LogP contribution in [0.3, 0.4) is 0 Å². The number of nitrogens with zero attached hydrogens (tertiary/aromatic N) is 5. The van der Waals surface area contributed by atoms with Crippen molar-refractivity contribution in [2.45, 2.75) is 49.0 Å². The molecule has 19 heteroatoms. The van der Waals surface area contributed by atoms with E-state index < -0.39 is 50.9 Å². The second kappa shape index (κ2) is 15.8. The number of nitrogens with one attached hydrogen (secondary N) is 1. The first-order chi connectivity index (χ1) is 24.4. The highest BCUT2D eigenvalue weighted by Crippen LogP contribution is 2.33. The minimum atomic E-state index is -4.70. The largest absolute Gasteiger partial charge is 0.490 e. The van der Waals surface area contributed by atoms with Crippen LogP contribution in [0.25, 0.3) is 0 Å². The number of alkyl halides is 6. The summed E-state index contributed by atoms with van der Waals surface area (Å²) in [7, 11) is -3.56. The molecular formula is C33H36F8N6O4S. The molecule has 6 rings (SSSR count). The Balaban J connectivity index is 0.000000257. The molecule has 0 spiro atoms. The Bertz CT molecular complexity index is 1840. The van der Waals surface area contributed by atoms with E-state index in [1.165, 1.54) is 28.0 Å². The quantitative estimate of drug-likeness (QED) is 0.323. The van der Waals surface area contributed by atoms with Crippen molar-refractivity contribution in [1.82, 2.24) is 20.2 Å². The molecule has 52 heavy (non-hydrogen) atoms. The third-order valence-electron chi connectivity index (χ3n) is 8.79. The maximum atomic E-state index is 14.3. The second-order valence-electron chi connectivity index (χ2n) is 12.5. The van der Waals surface area contributed by atoms with E-state index in [0.717, 1.165) is 31.9 Å². The summed E-state index contributed by atoms with van der Waals surface area (Å²) in [4.78, 5) is 25.2. The van der Waals surface area contributed by atoms with Crippen molar-refractivity contribution in [1.29, 1.82) is 0 Å². The first kappa shape index (κ1) is 39.0. The number of rotatable bonds is 6. The van der Waals surface area contributed by atoms with Crippen molar-refractivity contribution in [2.75, 3.05) is 68.4 Å². The van der Waals surface area contributed by atoms with Crippen molar-refractivity contribution in [3.8, 4) is 5.75 Å². The van der Waals surface area contributed by atoms with E-state index in [4.69, 9.17) is 4.74 Å². The number of halogens is 8. The Labute approximate surface area is 294 Å². The molecule has 3 aliphatic rings. The molecule has 2 saturated heterocycles. The van der Waals surface area contributed by atoms with Gasteiger partial charge in [-0.1, -0.05) is 0 Å². The minimum absolute atomic E-state index is 0.00529. The summed E-state index contributed by atoms with van der Waals surface area (Å²) in [5.74, 6) is -2.36. The number of benzene rings is 1. The van der Waals surface area contributed by atoms with Gasteiger partial charge in [0.1, 0.15) is 5.75 Å². The second-order valence-corrected chi connectivity index (χ2v) is 14.5. The first-order valence-electron chi connectivity index (χ1n) is 16.4. The van der Waals surface area contributed by atoms with Gasteiger partial charge in [-0.2, -0.15) is 26.3 Å². The Morgan fingerprint density at radius 1 is 0.788 bits per heavy atom. The highest BCUT2D eigenvalue weighted by atomic mass is 32.2. The van der Waals surface area contributed by atoms with Crippen LogP contribution in [0.15, 0.2) is 47.6 Å². The van der Waals surface area contributed by atoms with Crippen LogP contribution < -0.4 is 19.9 Å². The average Bonchev–Trinajstić information content (AvgIpc) is 3.61. The number of ether oxygens (including phenoxy) is 1. The van der Waals surface area contributed by atoms with Crippen molar-refractivity contribution in [3.63, 3.8) is 0 Å². The van der Waals surface area contributed by atoms with Crippen LogP contribution in [-0.4, -0.2) is 93.9 Å². The molecule has 284 valence electrons. The van der Waals surface area contributed by atoms with Crippen LogP contribution >= 0.6 is 0 Å². The van der Waals surface area contributed by atoms with Gasteiger partial charge in [0.2, 0.25) is 0 Å². The fourth-order valence-corrected chi connectivity index (χ4v) is 6.65. The number of hydrogen-bond acceptors (Lipinski definition) is 9. The van der Waals surface area contributed by atoms with E-state index in [1.807, 2.05) is 0 Å². The summed E-state index contributed by atoms with van der Waals surface area (Å²) in [5.41, 5.74) is -2.10. The number of sulfone groups is 1. The normalized spacial score (nSPS) is 17.5. The molecule has 0 atom stereocenters. The molecule has 1 aliphatic carbocycles.